The lowest BCUT2D eigenvalue weighted by atomic mass is 10.2. The van der Waals surface area contributed by atoms with E-state index in [9.17, 15) is 35.9 Å². The van der Waals surface area contributed by atoms with Crippen molar-refractivity contribution in [3.8, 4) is 23.3 Å². The third-order valence-electron chi connectivity index (χ3n) is 10.7. The molecule has 0 unspecified atom stereocenters. The Kier molecular flexibility index (Phi) is 18.0. The van der Waals surface area contributed by atoms with E-state index >= 15 is 0 Å². The van der Waals surface area contributed by atoms with Gasteiger partial charge in [0, 0.05) is 90.1 Å². The first-order valence-electron chi connectivity index (χ1n) is 20.5. The Bertz CT molecular complexity index is 2090. The summed E-state index contributed by atoms with van der Waals surface area (Å²) in [5, 5.41) is 9.20. The minimum absolute atomic E-state index is 0. The summed E-state index contributed by atoms with van der Waals surface area (Å²) in [7, 11) is -1.99. The summed E-state index contributed by atoms with van der Waals surface area (Å²) < 4.78 is 97.4. The van der Waals surface area contributed by atoms with Crippen molar-refractivity contribution in [3.63, 3.8) is 0 Å². The maximum absolute atomic E-state index is 12.7. The number of aromatic nitrogens is 4. The predicted octanol–water partition coefficient (Wildman–Crippen LogP) is 8.94. The first-order valence-corrected chi connectivity index (χ1v) is 23.4. The van der Waals surface area contributed by atoms with Crippen molar-refractivity contribution in [2.45, 2.75) is 64.1 Å². The molecule has 2 amide bonds. The van der Waals surface area contributed by atoms with Crippen LogP contribution in [0.1, 0.15) is 44.7 Å². The molecule has 3 saturated heterocycles. The molecular formula is C42H53ClF6N8O7Si. The summed E-state index contributed by atoms with van der Waals surface area (Å²) in [6.45, 7) is 15.8. The van der Waals surface area contributed by atoms with Crippen LogP contribution in [0.3, 0.4) is 0 Å². The number of alkyl halides is 6. The number of anilines is 2. The van der Waals surface area contributed by atoms with Gasteiger partial charge in [-0.3, -0.25) is 0 Å². The van der Waals surface area contributed by atoms with Crippen LogP contribution < -0.4 is 23.7 Å². The summed E-state index contributed by atoms with van der Waals surface area (Å²) in [4.78, 5) is 46.9. The van der Waals surface area contributed by atoms with Crippen LogP contribution in [-0.4, -0.2) is 121 Å². The van der Waals surface area contributed by atoms with Gasteiger partial charge in [0.15, 0.2) is 0 Å². The highest BCUT2D eigenvalue weighted by Crippen LogP contribution is 2.37. The molecule has 0 spiro atoms. The second kappa shape index (κ2) is 22.5. The highest BCUT2D eigenvalue weighted by Gasteiger charge is 2.39. The fourth-order valence-corrected chi connectivity index (χ4v) is 6.92. The standard InChI is InChI=1S/C22H29F3N4O3Si.C16H15F3N4O3.C4H8O.ClH/c1-21(2,3)33(4,5)32-17-7-9-19(27-15-17)31-20(30)29-12-10-28(11-13-29)18-8-6-16(14-26-18)22(23,24)25;17-16(18,19)11-1-3-13(20-9-11)22-5-7-23(8-6-22)15(25)26-14-4-2-12(24)10-21-14;1-2-4-5-3-1;/h6-9,14-15H,10-13H2,1-5H3;1-4,9-10,24H,5-8H2;1-4H2;1H. The molecule has 7 rings (SSSR count). The molecule has 15 nitrogen and oxygen atoms in total. The van der Waals surface area contributed by atoms with Crippen molar-refractivity contribution in [2.75, 3.05) is 75.4 Å². The number of ether oxygens (including phenoxy) is 3. The van der Waals surface area contributed by atoms with Crippen molar-refractivity contribution in [2.24, 2.45) is 0 Å². The summed E-state index contributed by atoms with van der Waals surface area (Å²) in [5.41, 5.74) is -1.59. The molecular weight excluding hydrogens is 906 g/mol. The van der Waals surface area contributed by atoms with Crippen LogP contribution in [0.25, 0.3) is 0 Å². The van der Waals surface area contributed by atoms with E-state index in [-0.39, 0.29) is 35.0 Å². The van der Waals surface area contributed by atoms with Gasteiger partial charge in [0.25, 0.3) is 8.32 Å². The topological polar surface area (TPSA) is 156 Å². The Hall–Kier alpha value is -5.61. The van der Waals surface area contributed by atoms with Crippen LogP contribution in [0.5, 0.6) is 23.3 Å². The van der Waals surface area contributed by atoms with Crippen LogP contribution in [0.4, 0.5) is 47.6 Å². The number of hydrogen-bond donors (Lipinski definition) is 1. The quantitative estimate of drug-likeness (QED) is 0.145. The molecule has 65 heavy (non-hydrogen) atoms. The number of amides is 2. The van der Waals surface area contributed by atoms with Gasteiger partial charge in [-0.1, -0.05) is 20.8 Å². The van der Waals surface area contributed by atoms with E-state index in [4.69, 9.17) is 23.7 Å². The van der Waals surface area contributed by atoms with E-state index in [1.807, 2.05) is 4.90 Å². The van der Waals surface area contributed by atoms with Gasteiger partial charge in [0.05, 0.1) is 23.5 Å². The predicted molar refractivity (Wildman–Crippen MR) is 233 cm³/mol. The van der Waals surface area contributed by atoms with Gasteiger partial charge in [-0.15, -0.1) is 12.4 Å². The average molecular weight is 959 g/mol. The maximum Gasteiger partial charge on any atom is 0.417 e. The van der Waals surface area contributed by atoms with Crippen LogP contribution in [0, 0.1) is 0 Å². The molecule has 3 fully saturated rings. The number of carbonyl (C=O) groups excluding carboxylic acids is 2. The zero-order valence-corrected chi connectivity index (χ0v) is 38.4. The van der Waals surface area contributed by atoms with Crippen LogP contribution in [0.2, 0.25) is 18.1 Å². The summed E-state index contributed by atoms with van der Waals surface area (Å²) in [5.74, 6) is 1.71. The lowest BCUT2D eigenvalue weighted by Crippen LogP contribution is -2.49. The van der Waals surface area contributed by atoms with Gasteiger partial charge in [-0.25, -0.2) is 29.5 Å². The zero-order chi connectivity index (χ0) is 46.7. The van der Waals surface area contributed by atoms with Gasteiger partial charge < -0.3 is 43.3 Å². The maximum atomic E-state index is 12.7. The molecule has 356 valence electrons. The van der Waals surface area contributed by atoms with Gasteiger partial charge in [-0.2, -0.15) is 26.3 Å². The number of pyridine rings is 4. The lowest BCUT2D eigenvalue weighted by molar-refractivity contribution is -0.138. The number of carbonyl (C=O) groups is 2. The molecule has 0 bridgehead atoms. The van der Waals surface area contributed by atoms with E-state index in [0.717, 1.165) is 43.9 Å². The number of hydrogen-bond acceptors (Lipinski definition) is 13. The Morgan fingerprint density at radius 3 is 1.35 bits per heavy atom. The zero-order valence-electron chi connectivity index (χ0n) is 36.6. The molecule has 4 aromatic rings. The molecule has 7 heterocycles. The molecule has 23 heteroatoms. The fraction of sp³-hybridized carbons (Fsp3) is 0.476. The highest BCUT2D eigenvalue weighted by molar-refractivity contribution is 6.74. The molecule has 0 atom stereocenters. The number of nitrogens with zero attached hydrogens (tertiary/aromatic N) is 8. The number of rotatable bonds is 6. The van der Waals surface area contributed by atoms with E-state index < -0.39 is 44.0 Å². The van der Waals surface area contributed by atoms with Gasteiger partial charge in [0.1, 0.15) is 23.1 Å². The number of aromatic hydroxyl groups is 1. The third kappa shape index (κ3) is 15.5. The monoisotopic (exact) mass is 958 g/mol. The van der Waals surface area contributed by atoms with Crippen LogP contribution in [-0.2, 0) is 17.1 Å². The smallest absolute Gasteiger partial charge is 0.417 e. The SMILES string of the molecule is C1CCOC1.CC(C)(C)[Si](C)(C)Oc1ccc(OC(=O)N2CCN(c3ccc(C(F)(F)F)cn3)CC2)nc1.Cl.O=C(Oc1ccc(O)cn1)N1CCN(c2ccc(C(F)(F)F)cn2)CC1. The lowest BCUT2D eigenvalue weighted by Gasteiger charge is -2.36. The number of halogens is 7. The first kappa shape index (κ1) is 52.0. The minimum atomic E-state index is -4.42. The van der Waals surface area contributed by atoms with Crippen molar-refractivity contribution < 1.29 is 59.7 Å². The van der Waals surface area contributed by atoms with Gasteiger partial charge >= 0.3 is 24.5 Å². The van der Waals surface area contributed by atoms with Crippen molar-refractivity contribution >= 4 is 44.5 Å². The van der Waals surface area contributed by atoms with E-state index in [0.29, 0.717) is 69.7 Å². The fourth-order valence-electron chi connectivity index (χ4n) is 5.90. The first-order chi connectivity index (χ1) is 30.1. The van der Waals surface area contributed by atoms with E-state index in [2.05, 4.69) is 53.8 Å². The molecule has 0 aromatic carbocycles. The van der Waals surface area contributed by atoms with Crippen LogP contribution in [0.15, 0.2) is 73.3 Å². The van der Waals surface area contributed by atoms with E-state index in [1.54, 1.807) is 23.2 Å². The summed E-state index contributed by atoms with van der Waals surface area (Å²) in [6.07, 6.45) is -3.06. The molecule has 3 aliphatic rings. The Morgan fingerprint density at radius 1 is 0.615 bits per heavy atom. The minimum Gasteiger partial charge on any atom is -0.542 e. The Morgan fingerprint density at radius 2 is 1.05 bits per heavy atom. The van der Waals surface area contributed by atoms with Gasteiger partial charge in [0.2, 0.25) is 11.8 Å². The molecule has 1 N–H and O–H groups in total. The highest BCUT2D eigenvalue weighted by atomic mass is 35.5. The van der Waals surface area contributed by atoms with E-state index in [1.165, 1.54) is 46.9 Å². The Labute approximate surface area is 380 Å². The molecule has 0 radical (unpaired) electrons. The van der Waals surface area contributed by atoms with Crippen molar-refractivity contribution in [1.82, 2.24) is 29.7 Å². The van der Waals surface area contributed by atoms with Crippen LogP contribution >= 0.6 is 12.4 Å². The summed E-state index contributed by atoms with van der Waals surface area (Å²) in [6, 6.07) is 10.7. The van der Waals surface area contributed by atoms with Crippen molar-refractivity contribution in [3.05, 3.63) is 84.4 Å². The number of piperazine rings is 2. The average Bonchev–Trinajstić information content (AvgIpc) is 3.86. The second-order valence-corrected chi connectivity index (χ2v) is 21.1. The molecule has 4 aromatic heterocycles. The summed E-state index contributed by atoms with van der Waals surface area (Å²) >= 11 is 0. The molecule has 3 aliphatic heterocycles. The normalized spacial score (nSPS) is 15.7. The van der Waals surface area contributed by atoms with Gasteiger partial charge in [-0.05, 0) is 67.4 Å². The molecule has 0 aliphatic carbocycles. The second-order valence-electron chi connectivity index (χ2n) is 16.4. The van der Waals surface area contributed by atoms with Crippen molar-refractivity contribution in [1.29, 1.82) is 0 Å². The Balaban J connectivity index is 0.000000258. The molecule has 0 saturated carbocycles. The third-order valence-corrected chi connectivity index (χ3v) is 15.1. The largest absolute Gasteiger partial charge is 0.542 e.